The minimum atomic E-state index is -0.318. The molecule has 1 fully saturated rings. The summed E-state index contributed by atoms with van der Waals surface area (Å²) in [5.74, 6) is 0. The van der Waals surface area contributed by atoms with Gasteiger partial charge in [0.05, 0.1) is 12.2 Å². The summed E-state index contributed by atoms with van der Waals surface area (Å²) in [4.78, 5) is 4.62. The molecule has 0 aromatic heterocycles. The Morgan fingerprint density at radius 2 is 1.41 bits per heavy atom. The number of nitrogens with two attached hydrogens (primary N) is 1. The van der Waals surface area contributed by atoms with Gasteiger partial charge < -0.3 is 15.9 Å². The number of aliphatic hydroxyl groups excluding tert-OH is 2. The van der Waals surface area contributed by atoms with Crippen LogP contribution in [-0.4, -0.2) is 77.5 Å². The van der Waals surface area contributed by atoms with E-state index in [2.05, 4.69) is 9.80 Å². The summed E-state index contributed by atoms with van der Waals surface area (Å²) in [5, 5.41) is 18.6. The molecule has 102 valence electrons. The normalized spacial score (nSPS) is 24.5. The summed E-state index contributed by atoms with van der Waals surface area (Å²) in [5.41, 5.74) is 5.97. The number of aliphatic hydroxyl groups is 2. The van der Waals surface area contributed by atoms with E-state index in [1.807, 2.05) is 6.92 Å². The van der Waals surface area contributed by atoms with Crippen LogP contribution in [-0.2, 0) is 0 Å². The molecule has 0 radical (unpaired) electrons. The van der Waals surface area contributed by atoms with Gasteiger partial charge >= 0.3 is 0 Å². The standard InChI is InChI=1S/C12H27N3O2/c1-10(16)7-12(13)9-15-5-3-14(4-6-15)8-11(2)17/h10-12,16-17H,3-9,13H2,1-2H3. The van der Waals surface area contributed by atoms with Gasteiger partial charge in [-0.05, 0) is 20.3 Å². The average molecular weight is 245 g/mol. The van der Waals surface area contributed by atoms with E-state index in [0.717, 1.165) is 39.3 Å². The third-order valence-electron chi connectivity index (χ3n) is 3.12. The minimum Gasteiger partial charge on any atom is -0.393 e. The second-order valence-electron chi connectivity index (χ2n) is 5.30. The van der Waals surface area contributed by atoms with Crippen LogP contribution in [0.3, 0.4) is 0 Å². The first-order chi connectivity index (χ1) is 7.97. The maximum absolute atomic E-state index is 9.31. The molecule has 1 saturated heterocycles. The van der Waals surface area contributed by atoms with Gasteiger partial charge in [0.2, 0.25) is 0 Å². The number of piperazine rings is 1. The summed E-state index contributed by atoms with van der Waals surface area (Å²) in [7, 11) is 0. The number of hydrogen-bond donors (Lipinski definition) is 3. The van der Waals surface area contributed by atoms with E-state index < -0.39 is 0 Å². The monoisotopic (exact) mass is 245 g/mol. The quantitative estimate of drug-likeness (QED) is 0.565. The molecule has 4 N–H and O–H groups in total. The highest BCUT2D eigenvalue weighted by Crippen LogP contribution is 2.05. The predicted octanol–water partition coefficient (Wildman–Crippen LogP) is -0.917. The molecule has 0 bridgehead atoms. The highest BCUT2D eigenvalue weighted by atomic mass is 16.3. The summed E-state index contributed by atoms with van der Waals surface area (Å²) in [6, 6.07) is 0.0540. The van der Waals surface area contributed by atoms with Crippen LogP contribution in [0.4, 0.5) is 0 Å². The fourth-order valence-electron chi connectivity index (χ4n) is 2.37. The van der Waals surface area contributed by atoms with Crippen molar-refractivity contribution in [3.05, 3.63) is 0 Å². The smallest absolute Gasteiger partial charge is 0.0639 e. The highest BCUT2D eigenvalue weighted by molar-refractivity contribution is 4.77. The van der Waals surface area contributed by atoms with Crippen LogP contribution in [0.25, 0.3) is 0 Å². The second-order valence-corrected chi connectivity index (χ2v) is 5.30. The van der Waals surface area contributed by atoms with E-state index in [1.54, 1.807) is 6.92 Å². The van der Waals surface area contributed by atoms with Crippen LogP contribution in [0.2, 0.25) is 0 Å². The molecule has 3 atom stereocenters. The Bertz CT molecular complexity index is 204. The average Bonchev–Trinajstić information content (AvgIpc) is 2.18. The minimum absolute atomic E-state index is 0.0540. The number of rotatable bonds is 6. The lowest BCUT2D eigenvalue weighted by Crippen LogP contribution is -2.51. The highest BCUT2D eigenvalue weighted by Gasteiger charge is 2.19. The van der Waals surface area contributed by atoms with Crippen LogP contribution in [0.5, 0.6) is 0 Å². The van der Waals surface area contributed by atoms with Crippen LogP contribution >= 0.6 is 0 Å². The summed E-state index contributed by atoms with van der Waals surface area (Å²) >= 11 is 0. The molecule has 0 aromatic carbocycles. The van der Waals surface area contributed by atoms with Crippen LogP contribution in [0.15, 0.2) is 0 Å². The predicted molar refractivity (Wildman–Crippen MR) is 68.8 cm³/mol. The van der Waals surface area contributed by atoms with Gasteiger partial charge in [-0.15, -0.1) is 0 Å². The summed E-state index contributed by atoms with van der Waals surface area (Å²) in [6.07, 6.45) is 0.0917. The fourth-order valence-corrected chi connectivity index (χ4v) is 2.37. The molecule has 1 heterocycles. The van der Waals surface area contributed by atoms with Gasteiger partial charge in [0.25, 0.3) is 0 Å². The van der Waals surface area contributed by atoms with Gasteiger partial charge in [0.1, 0.15) is 0 Å². The van der Waals surface area contributed by atoms with Gasteiger partial charge in [-0.3, -0.25) is 9.80 Å². The molecule has 1 aliphatic heterocycles. The van der Waals surface area contributed by atoms with Crippen LogP contribution in [0.1, 0.15) is 20.3 Å². The van der Waals surface area contributed by atoms with E-state index in [1.165, 1.54) is 0 Å². The summed E-state index contributed by atoms with van der Waals surface area (Å²) in [6.45, 7) is 9.20. The Morgan fingerprint density at radius 1 is 0.941 bits per heavy atom. The fraction of sp³-hybridized carbons (Fsp3) is 1.00. The molecule has 1 rings (SSSR count). The topological polar surface area (TPSA) is 73.0 Å². The van der Waals surface area contributed by atoms with Gasteiger partial charge in [0, 0.05) is 45.3 Å². The largest absolute Gasteiger partial charge is 0.393 e. The van der Waals surface area contributed by atoms with Crippen molar-refractivity contribution in [3.63, 3.8) is 0 Å². The molecular weight excluding hydrogens is 218 g/mol. The van der Waals surface area contributed by atoms with E-state index >= 15 is 0 Å². The van der Waals surface area contributed by atoms with Gasteiger partial charge in [-0.2, -0.15) is 0 Å². The zero-order valence-corrected chi connectivity index (χ0v) is 11.0. The third kappa shape index (κ3) is 6.33. The maximum atomic E-state index is 9.31. The molecule has 5 nitrogen and oxygen atoms in total. The Balaban J connectivity index is 2.18. The number of hydrogen-bond acceptors (Lipinski definition) is 5. The van der Waals surface area contributed by atoms with E-state index in [-0.39, 0.29) is 18.2 Å². The lowest BCUT2D eigenvalue weighted by Gasteiger charge is -2.36. The van der Waals surface area contributed by atoms with Gasteiger partial charge in [-0.1, -0.05) is 0 Å². The Labute approximate surface area is 104 Å². The number of nitrogens with zero attached hydrogens (tertiary/aromatic N) is 2. The SMILES string of the molecule is CC(O)CC(N)CN1CCN(CC(C)O)CC1. The third-order valence-corrected chi connectivity index (χ3v) is 3.12. The maximum Gasteiger partial charge on any atom is 0.0639 e. The second kappa shape index (κ2) is 7.28. The zero-order valence-electron chi connectivity index (χ0n) is 11.0. The molecule has 17 heavy (non-hydrogen) atoms. The van der Waals surface area contributed by atoms with Gasteiger partial charge in [-0.25, -0.2) is 0 Å². The molecule has 0 saturated carbocycles. The zero-order chi connectivity index (χ0) is 12.8. The van der Waals surface area contributed by atoms with E-state index in [4.69, 9.17) is 5.73 Å². The molecule has 0 spiro atoms. The molecule has 5 heteroatoms. The molecule has 3 unspecified atom stereocenters. The first kappa shape index (κ1) is 14.9. The summed E-state index contributed by atoms with van der Waals surface area (Å²) < 4.78 is 0. The Hall–Kier alpha value is -0.200. The number of β-amino-alcohol motifs (C(OH)–C–C–N with tert-alkyl or cyclic N) is 1. The van der Waals surface area contributed by atoms with Gasteiger partial charge in [0.15, 0.2) is 0 Å². The van der Waals surface area contributed by atoms with Crippen LogP contribution < -0.4 is 5.73 Å². The molecule has 0 amide bonds. The van der Waals surface area contributed by atoms with Crippen molar-refractivity contribution < 1.29 is 10.2 Å². The lowest BCUT2D eigenvalue weighted by molar-refractivity contribution is 0.0750. The first-order valence-electron chi connectivity index (χ1n) is 6.53. The molecule has 0 aromatic rings. The molecule has 1 aliphatic rings. The lowest BCUT2D eigenvalue weighted by atomic mass is 10.1. The van der Waals surface area contributed by atoms with Crippen molar-refractivity contribution >= 4 is 0 Å². The van der Waals surface area contributed by atoms with E-state index in [0.29, 0.717) is 6.42 Å². The van der Waals surface area contributed by atoms with E-state index in [9.17, 15) is 10.2 Å². The van der Waals surface area contributed by atoms with Crippen molar-refractivity contribution in [1.82, 2.24) is 9.80 Å². The molecule has 0 aliphatic carbocycles. The molecular formula is C12H27N3O2. The van der Waals surface area contributed by atoms with Crippen molar-refractivity contribution in [3.8, 4) is 0 Å². The van der Waals surface area contributed by atoms with Crippen molar-refractivity contribution in [2.45, 2.75) is 38.5 Å². The Morgan fingerprint density at radius 3 is 1.82 bits per heavy atom. The van der Waals surface area contributed by atoms with Crippen LogP contribution in [0, 0.1) is 0 Å². The Kier molecular flexibility index (Phi) is 6.37. The van der Waals surface area contributed by atoms with Crippen molar-refractivity contribution in [2.75, 3.05) is 39.3 Å². The first-order valence-corrected chi connectivity index (χ1v) is 6.53. The van der Waals surface area contributed by atoms with Crippen molar-refractivity contribution in [2.24, 2.45) is 5.73 Å². The van der Waals surface area contributed by atoms with Crippen molar-refractivity contribution in [1.29, 1.82) is 0 Å².